The van der Waals surface area contributed by atoms with Gasteiger partial charge in [0.15, 0.2) is 5.82 Å². The normalized spacial score (nSPS) is 11.2. The van der Waals surface area contributed by atoms with Crippen LogP contribution in [0.15, 0.2) is 53.6 Å². The van der Waals surface area contributed by atoms with E-state index >= 15 is 0 Å². The molecule has 0 aliphatic heterocycles. The molecule has 0 bridgehead atoms. The molecule has 0 atom stereocenters. The summed E-state index contributed by atoms with van der Waals surface area (Å²) in [6, 6.07) is 12.0. The first-order chi connectivity index (χ1) is 15.7. The Morgan fingerprint density at radius 2 is 1.84 bits per heavy atom. The van der Waals surface area contributed by atoms with Crippen molar-refractivity contribution >= 4 is 0 Å². The van der Waals surface area contributed by atoms with Crippen molar-refractivity contribution in [1.82, 2.24) is 34.7 Å². The maximum absolute atomic E-state index is 13.0. The molecule has 3 heterocycles. The van der Waals surface area contributed by atoms with Gasteiger partial charge in [0, 0.05) is 35.8 Å². The Morgan fingerprint density at radius 1 is 1.00 bits per heavy atom. The molecule has 0 saturated heterocycles. The molecule has 0 amide bonds. The Labute approximate surface area is 187 Å². The molecular formula is C24H29N7O. The highest BCUT2D eigenvalue weighted by Crippen LogP contribution is 2.29. The maximum atomic E-state index is 13.0. The summed E-state index contributed by atoms with van der Waals surface area (Å²) >= 11 is 0. The molecule has 4 aromatic rings. The fraction of sp³-hybridized carbons (Fsp3) is 0.375. The van der Waals surface area contributed by atoms with Gasteiger partial charge in [0.05, 0.1) is 12.2 Å². The summed E-state index contributed by atoms with van der Waals surface area (Å²) in [5, 5.41) is 14.2. The Hall–Kier alpha value is -3.55. The van der Waals surface area contributed by atoms with E-state index in [9.17, 15) is 4.79 Å². The molecule has 3 aromatic heterocycles. The van der Waals surface area contributed by atoms with Crippen LogP contribution in [0.25, 0.3) is 22.5 Å². The molecule has 1 aromatic carbocycles. The van der Waals surface area contributed by atoms with Gasteiger partial charge in [-0.15, -0.1) is 5.10 Å². The second-order valence-corrected chi connectivity index (χ2v) is 7.97. The van der Waals surface area contributed by atoms with Crippen LogP contribution in [0.4, 0.5) is 0 Å². The molecule has 0 spiro atoms. The highest BCUT2D eigenvalue weighted by Gasteiger charge is 2.13. The Morgan fingerprint density at radius 3 is 2.53 bits per heavy atom. The number of aromatic nitrogens is 7. The summed E-state index contributed by atoms with van der Waals surface area (Å²) in [4.78, 5) is 17.6. The van der Waals surface area contributed by atoms with Crippen molar-refractivity contribution in [3.63, 3.8) is 0 Å². The number of rotatable bonds is 10. The minimum Gasteiger partial charge on any atom is -0.299 e. The molecule has 0 saturated carbocycles. The number of aromatic amines is 1. The van der Waals surface area contributed by atoms with Gasteiger partial charge in [-0.3, -0.25) is 14.1 Å². The third-order valence-electron chi connectivity index (χ3n) is 5.61. The first-order valence-corrected chi connectivity index (χ1v) is 11.3. The van der Waals surface area contributed by atoms with Gasteiger partial charge in [0.25, 0.3) is 0 Å². The number of pyridine rings is 1. The molecule has 4 rings (SSSR count). The number of aryl methyl sites for hydroxylation is 2. The fourth-order valence-electron chi connectivity index (χ4n) is 3.96. The van der Waals surface area contributed by atoms with E-state index in [1.54, 1.807) is 0 Å². The van der Waals surface area contributed by atoms with E-state index in [4.69, 9.17) is 0 Å². The summed E-state index contributed by atoms with van der Waals surface area (Å²) in [7, 11) is 0. The second kappa shape index (κ2) is 10.2. The first kappa shape index (κ1) is 21.7. The van der Waals surface area contributed by atoms with E-state index in [0.29, 0.717) is 12.4 Å². The first-order valence-electron chi connectivity index (χ1n) is 11.3. The number of nitrogens with zero attached hydrogens (tertiary/aromatic N) is 6. The zero-order chi connectivity index (χ0) is 22.3. The standard InChI is InChI=1S/C24H29N7O/c1-3-5-6-9-20-17-30(14-4-2)24(32)31(20)16-19-13-12-18(15-25-19)21-10-7-8-11-22(21)23-26-28-29-27-23/h7-8,10-13,15,17H,3-6,9,14,16H2,1-2H3,(H,26,27,28,29). The van der Waals surface area contributed by atoms with Crippen LogP contribution in [0.1, 0.15) is 50.9 Å². The van der Waals surface area contributed by atoms with Crippen molar-refractivity contribution in [2.75, 3.05) is 0 Å². The van der Waals surface area contributed by atoms with Crippen molar-refractivity contribution in [1.29, 1.82) is 0 Å². The number of tetrazole rings is 1. The highest BCUT2D eigenvalue weighted by atomic mass is 16.1. The van der Waals surface area contributed by atoms with Crippen molar-refractivity contribution in [3.8, 4) is 22.5 Å². The molecule has 8 heteroatoms. The average molecular weight is 432 g/mol. The minimum absolute atomic E-state index is 0.0485. The van der Waals surface area contributed by atoms with E-state index in [1.807, 2.05) is 57.9 Å². The molecule has 0 unspecified atom stereocenters. The van der Waals surface area contributed by atoms with Gasteiger partial charge >= 0.3 is 5.69 Å². The molecular weight excluding hydrogens is 402 g/mol. The van der Waals surface area contributed by atoms with E-state index in [1.165, 1.54) is 6.42 Å². The lowest BCUT2D eigenvalue weighted by Gasteiger charge is -2.09. The zero-order valence-corrected chi connectivity index (χ0v) is 18.7. The SMILES string of the molecule is CCCCCc1cn(CCC)c(=O)n1Cc1ccc(-c2ccccc2-c2nnn[nH]2)cn1. The smallest absolute Gasteiger partial charge is 0.299 e. The summed E-state index contributed by atoms with van der Waals surface area (Å²) in [5.74, 6) is 0.616. The summed E-state index contributed by atoms with van der Waals surface area (Å²) in [5.41, 5.74) is 4.88. The second-order valence-electron chi connectivity index (χ2n) is 7.97. The summed E-state index contributed by atoms with van der Waals surface area (Å²) in [6.07, 6.45) is 9.14. The van der Waals surface area contributed by atoms with Gasteiger partial charge in [0.1, 0.15) is 0 Å². The molecule has 0 radical (unpaired) electrons. The summed E-state index contributed by atoms with van der Waals surface area (Å²) in [6.45, 7) is 5.50. The molecule has 1 N–H and O–H groups in total. The Bertz CT molecular complexity index is 1190. The van der Waals surface area contributed by atoms with Crippen molar-refractivity contribution in [2.45, 2.75) is 59.0 Å². The zero-order valence-electron chi connectivity index (χ0n) is 18.7. The molecule has 8 nitrogen and oxygen atoms in total. The maximum Gasteiger partial charge on any atom is 0.328 e. The van der Waals surface area contributed by atoms with E-state index in [2.05, 4.69) is 39.5 Å². The number of unbranched alkanes of at least 4 members (excludes halogenated alkanes) is 2. The van der Waals surface area contributed by atoms with E-state index in [-0.39, 0.29) is 5.69 Å². The predicted octanol–water partition coefficient (Wildman–Crippen LogP) is 4.08. The van der Waals surface area contributed by atoms with Crippen LogP contribution in [0, 0.1) is 0 Å². The van der Waals surface area contributed by atoms with Gasteiger partial charge in [-0.25, -0.2) is 9.89 Å². The third-order valence-corrected chi connectivity index (χ3v) is 5.61. The number of hydrogen-bond donors (Lipinski definition) is 1. The number of imidazole rings is 1. The highest BCUT2D eigenvalue weighted by molar-refractivity contribution is 5.79. The van der Waals surface area contributed by atoms with Crippen molar-refractivity contribution < 1.29 is 0 Å². The van der Waals surface area contributed by atoms with Gasteiger partial charge in [-0.05, 0) is 41.3 Å². The van der Waals surface area contributed by atoms with Crippen LogP contribution >= 0.6 is 0 Å². The lowest BCUT2D eigenvalue weighted by molar-refractivity contribution is 0.611. The largest absolute Gasteiger partial charge is 0.328 e. The Balaban J connectivity index is 1.59. The number of hydrogen-bond acceptors (Lipinski definition) is 5. The fourth-order valence-corrected chi connectivity index (χ4v) is 3.96. The quantitative estimate of drug-likeness (QED) is 0.382. The predicted molar refractivity (Wildman–Crippen MR) is 124 cm³/mol. The average Bonchev–Trinajstić information content (AvgIpc) is 3.45. The summed E-state index contributed by atoms with van der Waals surface area (Å²) < 4.78 is 3.71. The van der Waals surface area contributed by atoms with Gasteiger partial charge in [-0.2, -0.15) is 0 Å². The lowest BCUT2D eigenvalue weighted by Crippen LogP contribution is -2.25. The lowest BCUT2D eigenvalue weighted by atomic mass is 10.0. The van der Waals surface area contributed by atoms with E-state index < -0.39 is 0 Å². The number of nitrogens with one attached hydrogen (secondary N) is 1. The van der Waals surface area contributed by atoms with E-state index in [0.717, 1.165) is 60.3 Å². The van der Waals surface area contributed by atoms with Gasteiger partial charge < -0.3 is 0 Å². The van der Waals surface area contributed by atoms with Crippen LogP contribution in [-0.2, 0) is 19.5 Å². The number of H-pyrrole nitrogens is 1. The molecule has 0 aliphatic carbocycles. The topological polar surface area (TPSA) is 94.3 Å². The molecule has 0 fully saturated rings. The van der Waals surface area contributed by atoms with Crippen LogP contribution in [-0.4, -0.2) is 34.7 Å². The van der Waals surface area contributed by atoms with Gasteiger partial charge in [-0.1, -0.05) is 57.0 Å². The molecule has 0 aliphatic rings. The van der Waals surface area contributed by atoms with Crippen LogP contribution < -0.4 is 5.69 Å². The minimum atomic E-state index is 0.0485. The number of benzene rings is 1. The molecule has 166 valence electrons. The monoisotopic (exact) mass is 431 g/mol. The third kappa shape index (κ3) is 4.69. The van der Waals surface area contributed by atoms with Crippen LogP contribution in [0.2, 0.25) is 0 Å². The van der Waals surface area contributed by atoms with Crippen LogP contribution in [0.5, 0.6) is 0 Å². The van der Waals surface area contributed by atoms with Crippen LogP contribution in [0.3, 0.4) is 0 Å². The van der Waals surface area contributed by atoms with Gasteiger partial charge in [0.2, 0.25) is 0 Å². The van der Waals surface area contributed by atoms with Crippen molar-refractivity contribution in [2.24, 2.45) is 0 Å². The van der Waals surface area contributed by atoms with Crippen molar-refractivity contribution in [3.05, 3.63) is 70.7 Å². The molecule has 32 heavy (non-hydrogen) atoms. The Kier molecular flexibility index (Phi) is 6.89.